The van der Waals surface area contributed by atoms with Gasteiger partial charge in [0.25, 0.3) is 11.8 Å². The van der Waals surface area contributed by atoms with Crippen molar-refractivity contribution in [3.63, 3.8) is 0 Å². The molecule has 2 heterocycles. The van der Waals surface area contributed by atoms with Crippen LogP contribution in [0.3, 0.4) is 0 Å². The minimum absolute atomic E-state index is 0.0507. The van der Waals surface area contributed by atoms with E-state index in [1.807, 2.05) is 0 Å². The number of halogens is 1. The molecule has 0 spiro atoms. The largest absolute Gasteiger partial charge is 0.378 e. The Kier molecular flexibility index (Phi) is 6.65. The molecule has 2 aromatic rings. The number of anilines is 1. The number of carbonyl (C=O) groups excluding carboxylic acids is 3. The summed E-state index contributed by atoms with van der Waals surface area (Å²) in [4.78, 5) is 42.6. The molecule has 9 heteroatoms. The van der Waals surface area contributed by atoms with Gasteiger partial charge in [0.05, 0.1) is 13.2 Å². The second-order valence-corrected chi connectivity index (χ2v) is 7.70. The number of hydrogen-bond acceptors (Lipinski definition) is 4. The average molecular weight is 440 g/mol. The lowest BCUT2D eigenvalue weighted by atomic mass is 10.1. The Hall–Kier alpha value is -3.46. The zero-order valence-corrected chi connectivity index (χ0v) is 17.6. The Morgan fingerprint density at radius 2 is 1.34 bits per heavy atom. The summed E-state index contributed by atoms with van der Waals surface area (Å²) in [6, 6.07) is 12.1. The third kappa shape index (κ3) is 5.05. The highest BCUT2D eigenvalue weighted by Gasteiger charge is 2.25. The van der Waals surface area contributed by atoms with Crippen molar-refractivity contribution in [1.82, 2.24) is 14.7 Å². The highest BCUT2D eigenvalue weighted by Crippen LogP contribution is 2.15. The highest BCUT2D eigenvalue weighted by atomic mass is 19.1. The molecule has 168 valence electrons. The molecule has 0 unspecified atom stereocenters. The maximum absolute atomic E-state index is 13.4. The first-order valence-corrected chi connectivity index (χ1v) is 10.6. The Morgan fingerprint density at radius 3 is 2.00 bits per heavy atom. The molecule has 0 radical (unpaired) electrons. The van der Waals surface area contributed by atoms with Crippen LogP contribution in [-0.2, 0) is 4.74 Å². The minimum Gasteiger partial charge on any atom is -0.378 e. The lowest BCUT2D eigenvalue weighted by Gasteiger charge is -2.34. The summed E-state index contributed by atoms with van der Waals surface area (Å²) in [6.45, 7) is 3.73. The number of rotatable bonds is 3. The second-order valence-electron chi connectivity index (χ2n) is 7.70. The molecular weight excluding hydrogens is 415 g/mol. The summed E-state index contributed by atoms with van der Waals surface area (Å²) < 4.78 is 18.6. The number of morpholine rings is 1. The van der Waals surface area contributed by atoms with Gasteiger partial charge in [-0.05, 0) is 42.5 Å². The quantitative estimate of drug-likeness (QED) is 0.794. The number of ether oxygens (including phenoxy) is 1. The van der Waals surface area contributed by atoms with E-state index in [1.54, 1.807) is 45.0 Å². The molecule has 0 atom stereocenters. The molecule has 2 saturated heterocycles. The third-order valence-electron chi connectivity index (χ3n) is 5.61. The fourth-order valence-electron chi connectivity index (χ4n) is 3.76. The summed E-state index contributed by atoms with van der Waals surface area (Å²) in [5.74, 6) is -0.748. The predicted molar refractivity (Wildman–Crippen MR) is 116 cm³/mol. The smallest absolute Gasteiger partial charge is 0.321 e. The number of piperazine rings is 1. The molecule has 4 rings (SSSR count). The number of urea groups is 1. The molecule has 2 aliphatic rings. The number of nitrogens with zero attached hydrogens (tertiary/aromatic N) is 3. The minimum atomic E-state index is -0.452. The summed E-state index contributed by atoms with van der Waals surface area (Å²) in [7, 11) is 0. The van der Waals surface area contributed by atoms with Crippen molar-refractivity contribution >= 4 is 23.5 Å². The summed E-state index contributed by atoms with van der Waals surface area (Å²) in [6.07, 6.45) is 0. The van der Waals surface area contributed by atoms with Crippen LogP contribution < -0.4 is 5.32 Å². The second kappa shape index (κ2) is 9.78. The molecule has 2 aliphatic heterocycles. The lowest BCUT2D eigenvalue weighted by Crippen LogP contribution is -2.51. The summed E-state index contributed by atoms with van der Waals surface area (Å²) >= 11 is 0. The first-order chi connectivity index (χ1) is 15.5. The first-order valence-electron chi connectivity index (χ1n) is 10.6. The van der Waals surface area contributed by atoms with E-state index in [1.165, 1.54) is 18.2 Å². The van der Waals surface area contributed by atoms with Crippen LogP contribution in [0.5, 0.6) is 0 Å². The van der Waals surface area contributed by atoms with Crippen molar-refractivity contribution in [2.75, 3.05) is 57.8 Å². The highest BCUT2D eigenvalue weighted by molar-refractivity contribution is 5.96. The van der Waals surface area contributed by atoms with Gasteiger partial charge in [0.2, 0.25) is 0 Å². The molecule has 1 N–H and O–H groups in total. The summed E-state index contributed by atoms with van der Waals surface area (Å²) in [5.41, 5.74) is 1.45. The zero-order chi connectivity index (χ0) is 22.5. The van der Waals surface area contributed by atoms with Gasteiger partial charge in [-0.25, -0.2) is 9.18 Å². The Balaban J connectivity index is 1.28. The number of benzene rings is 2. The fourth-order valence-corrected chi connectivity index (χ4v) is 3.76. The van der Waals surface area contributed by atoms with Gasteiger partial charge in [0, 0.05) is 56.1 Å². The van der Waals surface area contributed by atoms with Crippen molar-refractivity contribution < 1.29 is 23.5 Å². The van der Waals surface area contributed by atoms with Crippen LogP contribution in [0.25, 0.3) is 0 Å². The van der Waals surface area contributed by atoms with Crippen LogP contribution in [-0.4, -0.2) is 85.0 Å². The van der Waals surface area contributed by atoms with Gasteiger partial charge in [-0.15, -0.1) is 0 Å². The van der Waals surface area contributed by atoms with Gasteiger partial charge in [-0.3, -0.25) is 9.59 Å². The molecule has 2 aromatic carbocycles. The molecule has 0 aliphatic carbocycles. The molecule has 32 heavy (non-hydrogen) atoms. The SMILES string of the molecule is O=C(Nc1ccc(C(=O)N2CCOCC2)cc1)N1CCN(C(=O)c2cccc(F)c2)CC1. The maximum Gasteiger partial charge on any atom is 0.321 e. The van der Waals surface area contributed by atoms with Crippen LogP contribution in [0, 0.1) is 5.82 Å². The normalized spacial score (nSPS) is 16.6. The Morgan fingerprint density at radius 1 is 0.750 bits per heavy atom. The Bertz CT molecular complexity index is 984. The van der Waals surface area contributed by atoms with Crippen molar-refractivity contribution in [3.05, 3.63) is 65.5 Å². The molecule has 4 amide bonds. The van der Waals surface area contributed by atoms with E-state index in [9.17, 15) is 18.8 Å². The maximum atomic E-state index is 13.4. The van der Waals surface area contributed by atoms with Crippen molar-refractivity contribution in [3.8, 4) is 0 Å². The topological polar surface area (TPSA) is 82.2 Å². The van der Waals surface area contributed by atoms with Crippen molar-refractivity contribution in [1.29, 1.82) is 0 Å². The van der Waals surface area contributed by atoms with Crippen LogP contribution >= 0.6 is 0 Å². The van der Waals surface area contributed by atoms with Crippen molar-refractivity contribution in [2.24, 2.45) is 0 Å². The molecule has 0 bridgehead atoms. The Labute approximate surface area is 185 Å². The molecule has 0 saturated carbocycles. The van der Waals surface area contributed by atoms with Crippen LogP contribution in [0.4, 0.5) is 14.9 Å². The number of amides is 4. The van der Waals surface area contributed by atoms with Gasteiger partial charge in [-0.2, -0.15) is 0 Å². The third-order valence-corrected chi connectivity index (χ3v) is 5.61. The van der Waals surface area contributed by atoms with E-state index in [0.29, 0.717) is 69.3 Å². The van der Waals surface area contributed by atoms with Gasteiger partial charge in [0.15, 0.2) is 0 Å². The molecule has 8 nitrogen and oxygen atoms in total. The zero-order valence-electron chi connectivity index (χ0n) is 17.6. The van der Waals surface area contributed by atoms with E-state index in [4.69, 9.17) is 4.74 Å². The number of hydrogen-bond donors (Lipinski definition) is 1. The molecular formula is C23H25FN4O4. The number of carbonyl (C=O) groups is 3. The van der Waals surface area contributed by atoms with E-state index in [0.717, 1.165) is 0 Å². The number of nitrogens with one attached hydrogen (secondary N) is 1. The monoisotopic (exact) mass is 440 g/mol. The van der Waals surface area contributed by atoms with E-state index in [2.05, 4.69) is 5.32 Å². The average Bonchev–Trinajstić information content (AvgIpc) is 2.84. The van der Waals surface area contributed by atoms with Crippen LogP contribution in [0.1, 0.15) is 20.7 Å². The van der Waals surface area contributed by atoms with E-state index >= 15 is 0 Å². The van der Waals surface area contributed by atoms with E-state index in [-0.39, 0.29) is 17.8 Å². The van der Waals surface area contributed by atoms with Gasteiger partial charge < -0.3 is 24.8 Å². The van der Waals surface area contributed by atoms with Crippen LogP contribution in [0.2, 0.25) is 0 Å². The summed E-state index contributed by atoms with van der Waals surface area (Å²) in [5, 5.41) is 2.83. The molecule has 0 aromatic heterocycles. The lowest BCUT2D eigenvalue weighted by molar-refractivity contribution is 0.0303. The molecule has 2 fully saturated rings. The van der Waals surface area contributed by atoms with Gasteiger partial charge in [-0.1, -0.05) is 6.07 Å². The van der Waals surface area contributed by atoms with Gasteiger partial charge >= 0.3 is 6.03 Å². The predicted octanol–water partition coefficient (Wildman–Crippen LogP) is 2.29. The van der Waals surface area contributed by atoms with Gasteiger partial charge in [0.1, 0.15) is 5.82 Å². The van der Waals surface area contributed by atoms with Crippen LogP contribution in [0.15, 0.2) is 48.5 Å². The fraction of sp³-hybridized carbons (Fsp3) is 0.348. The first kappa shape index (κ1) is 21.8. The van der Waals surface area contributed by atoms with E-state index < -0.39 is 5.82 Å². The van der Waals surface area contributed by atoms with Crippen molar-refractivity contribution in [2.45, 2.75) is 0 Å². The standard InChI is InChI=1S/C23H25FN4O4/c24-19-3-1-2-18(16-19)22(30)26-8-10-28(11-9-26)23(31)25-20-6-4-17(5-7-20)21(29)27-12-14-32-15-13-27/h1-7,16H,8-15H2,(H,25,31).